The lowest BCUT2D eigenvalue weighted by Crippen LogP contribution is -2.14. The molecule has 0 aliphatic rings. The maximum atomic E-state index is 12.2. The van der Waals surface area contributed by atoms with Gasteiger partial charge in [0, 0.05) is 11.9 Å². The van der Waals surface area contributed by atoms with Crippen molar-refractivity contribution < 1.29 is 9.53 Å². The van der Waals surface area contributed by atoms with Gasteiger partial charge in [0.05, 0.1) is 7.11 Å². The molecule has 1 amide bonds. The molecule has 0 spiro atoms. The molecule has 19 heavy (non-hydrogen) atoms. The second-order valence-corrected chi connectivity index (χ2v) is 4.33. The minimum absolute atomic E-state index is 0.225. The maximum Gasteiger partial charge on any atom is 0.261 e. The average molecular weight is 256 g/mol. The van der Waals surface area contributed by atoms with Gasteiger partial charge < -0.3 is 10.1 Å². The summed E-state index contributed by atoms with van der Waals surface area (Å²) in [5.74, 6) is 0.0988. The number of benzene rings is 1. The number of anilines is 1. The Balaban J connectivity index is 2.26. The normalized spacial score (nSPS) is 10.1. The van der Waals surface area contributed by atoms with Gasteiger partial charge in [-0.15, -0.1) is 0 Å². The summed E-state index contributed by atoms with van der Waals surface area (Å²) in [4.78, 5) is 16.2. The Bertz CT molecular complexity index is 609. The summed E-state index contributed by atoms with van der Waals surface area (Å²) in [5, 5.41) is 2.87. The zero-order chi connectivity index (χ0) is 13.8. The van der Waals surface area contributed by atoms with Crippen LogP contribution in [-0.2, 0) is 0 Å². The molecule has 4 nitrogen and oxygen atoms in total. The smallest absolute Gasteiger partial charge is 0.261 e. The van der Waals surface area contributed by atoms with Gasteiger partial charge in [0.1, 0.15) is 5.56 Å². The highest BCUT2D eigenvalue weighted by atomic mass is 16.5. The quantitative estimate of drug-likeness (QED) is 0.918. The van der Waals surface area contributed by atoms with Crippen LogP contribution < -0.4 is 10.1 Å². The third-order valence-corrected chi connectivity index (χ3v) is 2.84. The minimum atomic E-state index is -0.225. The largest absolute Gasteiger partial charge is 0.480 e. The van der Waals surface area contributed by atoms with Crippen molar-refractivity contribution in [3.05, 3.63) is 53.2 Å². The first-order chi connectivity index (χ1) is 9.11. The maximum absolute atomic E-state index is 12.2. The van der Waals surface area contributed by atoms with E-state index in [1.807, 2.05) is 32.0 Å². The highest BCUT2D eigenvalue weighted by Gasteiger charge is 2.13. The van der Waals surface area contributed by atoms with Crippen LogP contribution in [0.2, 0.25) is 0 Å². The highest BCUT2D eigenvalue weighted by Crippen LogP contribution is 2.19. The van der Waals surface area contributed by atoms with Crippen molar-refractivity contribution >= 4 is 11.6 Å². The molecule has 0 saturated carbocycles. The zero-order valence-corrected chi connectivity index (χ0v) is 11.2. The van der Waals surface area contributed by atoms with Gasteiger partial charge in [-0.2, -0.15) is 0 Å². The molecule has 98 valence electrons. The number of aryl methyl sites for hydroxylation is 2. The van der Waals surface area contributed by atoms with Crippen LogP contribution in [0.1, 0.15) is 21.5 Å². The Morgan fingerprint density at radius 3 is 2.74 bits per heavy atom. The fourth-order valence-electron chi connectivity index (χ4n) is 1.87. The molecule has 0 bridgehead atoms. The topological polar surface area (TPSA) is 51.2 Å². The first-order valence-corrected chi connectivity index (χ1v) is 5.99. The Labute approximate surface area is 112 Å². The summed E-state index contributed by atoms with van der Waals surface area (Å²) >= 11 is 0. The van der Waals surface area contributed by atoms with Crippen LogP contribution in [0, 0.1) is 13.8 Å². The number of hydrogen-bond donors (Lipinski definition) is 1. The van der Waals surface area contributed by atoms with Crippen LogP contribution >= 0.6 is 0 Å². The molecule has 0 aliphatic carbocycles. The van der Waals surface area contributed by atoms with Crippen LogP contribution in [0.5, 0.6) is 5.88 Å². The van der Waals surface area contributed by atoms with E-state index in [2.05, 4.69) is 10.3 Å². The summed E-state index contributed by atoms with van der Waals surface area (Å²) in [6.45, 7) is 3.98. The van der Waals surface area contributed by atoms with Gasteiger partial charge in [-0.1, -0.05) is 17.7 Å². The van der Waals surface area contributed by atoms with E-state index in [0.717, 1.165) is 16.8 Å². The predicted molar refractivity (Wildman–Crippen MR) is 74.7 cm³/mol. The molecule has 0 unspecified atom stereocenters. The van der Waals surface area contributed by atoms with E-state index >= 15 is 0 Å². The van der Waals surface area contributed by atoms with Crippen molar-refractivity contribution in [3.63, 3.8) is 0 Å². The number of nitrogens with one attached hydrogen (secondary N) is 1. The van der Waals surface area contributed by atoms with E-state index in [4.69, 9.17) is 4.74 Å². The standard InChI is InChI=1S/C15H16N2O2/c1-10-6-7-13(11(2)9-10)17-14(18)12-5-4-8-16-15(12)19-3/h4-9H,1-3H3,(H,17,18). The molecule has 1 N–H and O–H groups in total. The fraction of sp³-hybridized carbons (Fsp3) is 0.200. The summed E-state index contributed by atoms with van der Waals surface area (Å²) in [7, 11) is 1.50. The van der Waals surface area contributed by atoms with Gasteiger partial charge in [0.25, 0.3) is 5.91 Å². The number of carbonyl (C=O) groups is 1. The van der Waals surface area contributed by atoms with E-state index in [-0.39, 0.29) is 5.91 Å². The number of pyridine rings is 1. The predicted octanol–water partition coefficient (Wildman–Crippen LogP) is 2.96. The van der Waals surface area contributed by atoms with E-state index in [9.17, 15) is 4.79 Å². The SMILES string of the molecule is COc1ncccc1C(=O)Nc1ccc(C)cc1C. The van der Waals surface area contributed by atoms with Crippen LogP contribution in [-0.4, -0.2) is 18.0 Å². The minimum Gasteiger partial charge on any atom is -0.480 e. The molecule has 0 atom stereocenters. The summed E-state index contributed by atoms with van der Waals surface area (Å²) < 4.78 is 5.08. The number of amides is 1. The van der Waals surface area contributed by atoms with E-state index in [0.29, 0.717) is 11.4 Å². The van der Waals surface area contributed by atoms with Crippen LogP contribution in [0.3, 0.4) is 0 Å². The lowest BCUT2D eigenvalue weighted by atomic mass is 10.1. The number of rotatable bonds is 3. The summed E-state index contributed by atoms with van der Waals surface area (Å²) in [6, 6.07) is 9.27. The van der Waals surface area contributed by atoms with E-state index < -0.39 is 0 Å². The number of aromatic nitrogens is 1. The molecule has 1 aromatic carbocycles. The van der Waals surface area contributed by atoms with E-state index in [1.54, 1.807) is 18.3 Å². The van der Waals surface area contributed by atoms with E-state index in [1.165, 1.54) is 7.11 Å². The number of carbonyl (C=O) groups excluding carboxylic acids is 1. The van der Waals surface area contributed by atoms with Crippen molar-refractivity contribution in [2.45, 2.75) is 13.8 Å². The third kappa shape index (κ3) is 2.91. The van der Waals surface area contributed by atoms with Crippen LogP contribution in [0.15, 0.2) is 36.5 Å². The molecule has 0 radical (unpaired) electrons. The number of hydrogen-bond acceptors (Lipinski definition) is 3. The van der Waals surface area contributed by atoms with Crippen LogP contribution in [0.25, 0.3) is 0 Å². The van der Waals surface area contributed by atoms with Crippen molar-refractivity contribution in [1.29, 1.82) is 0 Å². The van der Waals surface area contributed by atoms with Crippen molar-refractivity contribution in [3.8, 4) is 5.88 Å². The fourth-order valence-corrected chi connectivity index (χ4v) is 1.87. The molecular formula is C15H16N2O2. The van der Waals surface area contributed by atoms with Gasteiger partial charge in [-0.25, -0.2) is 4.98 Å². The Morgan fingerprint density at radius 2 is 2.05 bits per heavy atom. The molecule has 0 fully saturated rings. The lowest BCUT2D eigenvalue weighted by Gasteiger charge is -2.10. The van der Waals surface area contributed by atoms with Gasteiger partial charge in [-0.3, -0.25) is 4.79 Å². The molecule has 1 heterocycles. The van der Waals surface area contributed by atoms with Crippen molar-refractivity contribution in [1.82, 2.24) is 4.98 Å². The van der Waals surface area contributed by atoms with Crippen LogP contribution in [0.4, 0.5) is 5.69 Å². The van der Waals surface area contributed by atoms with Gasteiger partial charge in [0.15, 0.2) is 0 Å². The lowest BCUT2D eigenvalue weighted by molar-refractivity contribution is 0.102. The van der Waals surface area contributed by atoms with Gasteiger partial charge in [0.2, 0.25) is 5.88 Å². The summed E-state index contributed by atoms with van der Waals surface area (Å²) in [6.07, 6.45) is 1.59. The van der Waals surface area contributed by atoms with Crippen molar-refractivity contribution in [2.75, 3.05) is 12.4 Å². The van der Waals surface area contributed by atoms with Gasteiger partial charge in [-0.05, 0) is 37.6 Å². The molecule has 4 heteroatoms. The molecule has 1 aromatic heterocycles. The highest BCUT2D eigenvalue weighted by molar-refractivity contribution is 6.06. The Hall–Kier alpha value is -2.36. The Morgan fingerprint density at radius 1 is 1.26 bits per heavy atom. The molecule has 2 rings (SSSR count). The first-order valence-electron chi connectivity index (χ1n) is 5.99. The van der Waals surface area contributed by atoms with Gasteiger partial charge >= 0.3 is 0 Å². The third-order valence-electron chi connectivity index (χ3n) is 2.84. The number of ether oxygens (including phenoxy) is 1. The second-order valence-electron chi connectivity index (χ2n) is 4.33. The monoisotopic (exact) mass is 256 g/mol. The molecular weight excluding hydrogens is 240 g/mol. The number of nitrogens with zero attached hydrogens (tertiary/aromatic N) is 1. The second kappa shape index (κ2) is 5.52. The number of methoxy groups -OCH3 is 1. The first kappa shape index (κ1) is 13.1. The molecule has 0 saturated heterocycles. The molecule has 2 aromatic rings. The summed E-state index contributed by atoms with van der Waals surface area (Å²) in [5.41, 5.74) is 3.40. The Kier molecular flexibility index (Phi) is 3.80. The zero-order valence-electron chi connectivity index (χ0n) is 11.2. The average Bonchev–Trinajstić information content (AvgIpc) is 2.41. The molecule has 0 aliphatic heterocycles. The van der Waals surface area contributed by atoms with Crippen molar-refractivity contribution in [2.24, 2.45) is 0 Å².